The van der Waals surface area contributed by atoms with Gasteiger partial charge in [0.15, 0.2) is 0 Å². The number of imidazole rings is 1. The van der Waals surface area contributed by atoms with Crippen molar-refractivity contribution in [3.8, 4) is 23.0 Å². The van der Waals surface area contributed by atoms with Gasteiger partial charge in [-0.05, 0) is 24.6 Å². The van der Waals surface area contributed by atoms with Crippen LogP contribution < -0.4 is 5.32 Å². The number of rotatable bonds is 6. The SMILES string of the molecule is CC(NC(=O)Cn1cnc(-c2noc(-c3cccnc3)n2)c1)c1ccccc1. The van der Waals surface area contributed by atoms with E-state index in [-0.39, 0.29) is 18.5 Å². The third-order valence-corrected chi connectivity index (χ3v) is 4.20. The highest BCUT2D eigenvalue weighted by molar-refractivity contribution is 5.76. The first-order valence-electron chi connectivity index (χ1n) is 8.79. The Balaban J connectivity index is 1.41. The molecule has 3 heterocycles. The van der Waals surface area contributed by atoms with Crippen LogP contribution in [0.25, 0.3) is 23.0 Å². The molecule has 0 aliphatic rings. The van der Waals surface area contributed by atoms with Crippen molar-refractivity contribution in [3.05, 3.63) is 72.9 Å². The van der Waals surface area contributed by atoms with E-state index in [9.17, 15) is 4.79 Å². The van der Waals surface area contributed by atoms with Crippen molar-refractivity contribution < 1.29 is 9.32 Å². The molecule has 0 bridgehead atoms. The largest absolute Gasteiger partial charge is 0.348 e. The van der Waals surface area contributed by atoms with Gasteiger partial charge in [-0.3, -0.25) is 9.78 Å². The maximum atomic E-state index is 12.3. The number of hydrogen-bond acceptors (Lipinski definition) is 6. The lowest BCUT2D eigenvalue weighted by atomic mass is 10.1. The Kier molecular flexibility index (Phi) is 4.92. The highest BCUT2D eigenvalue weighted by Gasteiger charge is 2.14. The lowest BCUT2D eigenvalue weighted by molar-refractivity contribution is -0.122. The molecule has 8 heteroatoms. The van der Waals surface area contributed by atoms with Crippen LogP contribution in [0.1, 0.15) is 18.5 Å². The molecular formula is C20H18N6O2. The molecule has 0 saturated carbocycles. The summed E-state index contributed by atoms with van der Waals surface area (Å²) < 4.78 is 6.95. The summed E-state index contributed by atoms with van der Waals surface area (Å²) in [6.07, 6.45) is 6.60. The third-order valence-electron chi connectivity index (χ3n) is 4.20. The Hall–Kier alpha value is -3.81. The van der Waals surface area contributed by atoms with Crippen LogP contribution in [0.2, 0.25) is 0 Å². The van der Waals surface area contributed by atoms with E-state index < -0.39 is 0 Å². The van der Waals surface area contributed by atoms with Crippen LogP contribution >= 0.6 is 0 Å². The molecule has 8 nitrogen and oxygen atoms in total. The molecule has 140 valence electrons. The van der Waals surface area contributed by atoms with Crippen molar-refractivity contribution in [3.63, 3.8) is 0 Å². The molecule has 0 radical (unpaired) electrons. The average molecular weight is 374 g/mol. The summed E-state index contributed by atoms with van der Waals surface area (Å²) in [7, 11) is 0. The first-order chi connectivity index (χ1) is 13.7. The molecule has 28 heavy (non-hydrogen) atoms. The van der Waals surface area contributed by atoms with Crippen LogP contribution in [-0.2, 0) is 11.3 Å². The van der Waals surface area contributed by atoms with E-state index in [0.717, 1.165) is 11.1 Å². The molecule has 1 atom stereocenters. The lowest BCUT2D eigenvalue weighted by Gasteiger charge is -2.14. The topological polar surface area (TPSA) is 98.7 Å². The minimum absolute atomic E-state index is 0.0732. The van der Waals surface area contributed by atoms with E-state index in [1.165, 1.54) is 0 Å². The van der Waals surface area contributed by atoms with E-state index in [4.69, 9.17) is 4.52 Å². The zero-order chi connectivity index (χ0) is 19.3. The number of carbonyl (C=O) groups excluding carboxylic acids is 1. The van der Waals surface area contributed by atoms with Crippen molar-refractivity contribution in [1.29, 1.82) is 0 Å². The molecule has 1 aromatic carbocycles. The quantitative estimate of drug-likeness (QED) is 0.557. The van der Waals surface area contributed by atoms with Gasteiger partial charge in [0.25, 0.3) is 5.89 Å². The molecule has 3 aromatic heterocycles. The second-order valence-electron chi connectivity index (χ2n) is 6.30. The fourth-order valence-electron chi connectivity index (χ4n) is 2.77. The first-order valence-corrected chi connectivity index (χ1v) is 8.79. The first kappa shape index (κ1) is 17.6. The number of benzene rings is 1. The highest BCUT2D eigenvalue weighted by Crippen LogP contribution is 2.20. The van der Waals surface area contributed by atoms with Crippen molar-refractivity contribution in [1.82, 2.24) is 30.0 Å². The maximum absolute atomic E-state index is 12.3. The van der Waals surface area contributed by atoms with Gasteiger partial charge in [-0.25, -0.2) is 4.98 Å². The number of aromatic nitrogens is 5. The molecule has 0 aliphatic carbocycles. The summed E-state index contributed by atoms with van der Waals surface area (Å²) in [5.41, 5.74) is 2.31. The van der Waals surface area contributed by atoms with E-state index in [2.05, 4.69) is 25.4 Å². The molecular weight excluding hydrogens is 356 g/mol. The van der Waals surface area contributed by atoms with Crippen LogP contribution in [0.5, 0.6) is 0 Å². The minimum Gasteiger partial charge on any atom is -0.348 e. The smallest absolute Gasteiger partial charge is 0.259 e. The number of hydrogen-bond donors (Lipinski definition) is 1. The molecule has 1 N–H and O–H groups in total. The normalized spacial score (nSPS) is 11.9. The molecule has 0 fully saturated rings. The van der Waals surface area contributed by atoms with Crippen LogP contribution in [0, 0.1) is 0 Å². The lowest BCUT2D eigenvalue weighted by Crippen LogP contribution is -2.29. The number of nitrogens with one attached hydrogen (secondary N) is 1. The predicted molar refractivity (Wildman–Crippen MR) is 102 cm³/mol. The molecule has 0 spiro atoms. The number of amides is 1. The van der Waals surface area contributed by atoms with Gasteiger partial charge in [-0.1, -0.05) is 35.5 Å². The van der Waals surface area contributed by atoms with Crippen molar-refractivity contribution in [2.24, 2.45) is 0 Å². The molecule has 4 rings (SSSR count). The zero-order valence-electron chi connectivity index (χ0n) is 15.2. The van der Waals surface area contributed by atoms with Gasteiger partial charge in [0, 0.05) is 18.6 Å². The summed E-state index contributed by atoms with van der Waals surface area (Å²) in [6, 6.07) is 13.4. The third kappa shape index (κ3) is 3.96. The molecule has 0 aliphatic heterocycles. The monoisotopic (exact) mass is 374 g/mol. The van der Waals surface area contributed by atoms with Gasteiger partial charge in [-0.2, -0.15) is 4.98 Å². The van der Waals surface area contributed by atoms with Crippen LogP contribution in [0.15, 0.2) is 71.9 Å². The molecule has 0 saturated heterocycles. The predicted octanol–water partition coefficient (Wildman–Crippen LogP) is 2.87. The summed E-state index contributed by atoms with van der Waals surface area (Å²) in [6.45, 7) is 2.10. The van der Waals surface area contributed by atoms with Gasteiger partial charge >= 0.3 is 0 Å². The zero-order valence-corrected chi connectivity index (χ0v) is 15.2. The van der Waals surface area contributed by atoms with Gasteiger partial charge < -0.3 is 14.4 Å². The van der Waals surface area contributed by atoms with E-state index in [1.807, 2.05) is 43.3 Å². The number of carbonyl (C=O) groups is 1. The van der Waals surface area contributed by atoms with Crippen LogP contribution in [-0.4, -0.2) is 30.6 Å². The Morgan fingerprint density at radius 1 is 1.21 bits per heavy atom. The molecule has 4 aromatic rings. The highest BCUT2D eigenvalue weighted by atomic mass is 16.5. The second kappa shape index (κ2) is 7.83. The Morgan fingerprint density at radius 3 is 2.86 bits per heavy atom. The van der Waals surface area contributed by atoms with Crippen LogP contribution in [0.3, 0.4) is 0 Å². The summed E-state index contributed by atoms with van der Waals surface area (Å²) >= 11 is 0. The number of pyridine rings is 1. The Bertz CT molecular complexity index is 1060. The molecule has 1 unspecified atom stereocenters. The summed E-state index contributed by atoms with van der Waals surface area (Å²) in [5, 5.41) is 6.93. The van der Waals surface area contributed by atoms with Gasteiger partial charge in [0.05, 0.1) is 17.9 Å². The van der Waals surface area contributed by atoms with E-state index in [1.54, 1.807) is 35.6 Å². The Labute approximate surface area is 161 Å². The van der Waals surface area contributed by atoms with Crippen LogP contribution in [0.4, 0.5) is 0 Å². The molecule has 1 amide bonds. The average Bonchev–Trinajstić information content (AvgIpc) is 3.39. The second-order valence-corrected chi connectivity index (χ2v) is 6.30. The Morgan fingerprint density at radius 2 is 2.07 bits per heavy atom. The standard InChI is InChI=1S/C20H18N6O2/c1-14(15-6-3-2-4-7-15)23-18(27)12-26-11-17(22-13-26)19-24-20(28-25-19)16-8-5-9-21-10-16/h2-11,13-14H,12H2,1H3,(H,23,27). The van der Waals surface area contributed by atoms with Gasteiger partial charge in [0.2, 0.25) is 11.7 Å². The fourth-order valence-corrected chi connectivity index (χ4v) is 2.77. The van der Waals surface area contributed by atoms with Crippen molar-refractivity contribution in [2.75, 3.05) is 0 Å². The minimum atomic E-state index is -0.107. The number of nitrogens with zero attached hydrogens (tertiary/aromatic N) is 5. The summed E-state index contributed by atoms with van der Waals surface area (Å²) in [4.78, 5) is 25.0. The maximum Gasteiger partial charge on any atom is 0.259 e. The fraction of sp³-hybridized carbons (Fsp3) is 0.150. The summed E-state index contributed by atoms with van der Waals surface area (Å²) in [5.74, 6) is 0.618. The van der Waals surface area contributed by atoms with E-state index >= 15 is 0 Å². The van der Waals surface area contributed by atoms with Gasteiger partial charge in [0.1, 0.15) is 12.2 Å². The van der Waals surface area contributed by atoms with E-state index in [0.29, 0.717) is 17.4 Å². The van der Waals surface area contributed by atoms with Crippen molar-refractivity contribution >= 4 is 5.91 Å². The van der Waals surface area contributed by atoms with Gasteiger partial charge in [-0.15, -0.1) is 0 Å². The van der Waals surface area contributed by atoms with Crippen molar-refractivity contribution in [2.45, 2.75) is 19.5 Å².